The Balaban J connectivity index is 2.84. The maximum Gasteiger partial charge on any atom is 0.260 e. The molecule has 1 heterocycles. The fourth-order valence-electron chi connectivity index (χ4n) is 1.05. The molecule has 1 rings (SSSR count). The summed E-state index contributed by atoms with van der Waals surface area (Å²) in [6.45, 7) is 1.41. The molecule has 0 aliphatic carbocycles. The van der Waals surface area contributed by atoms with E-state index in [0.717, 1.165) is 4.68 Å². The van der Waals surface area contributed by atoms with Crippen LogP contribution in [0, 0.1) is 0 Å². The fourth-order valence-corrected chi connectivity index (χ4v) is 3.22. The van der Waals surface area contributed by atoms with Gasteiger partial charge in [-0.1, -0.05) is 5.21 Å². The normalized spacial score (nSPS) is 15.8. The molecule has 17 heavy (non-hydrogen) atoms. The van der Waals surface area contributed by atoms with Crippen molar-refractivity contribution in [1.29, 1.82) is 0 Å². The van der Waals surface area contributed by atoms with E-state index in [9.17, 15) is 8.42 Å². The number of aliphatic hydroxyl groups is 1. The summed E-state index contributed by atoms with van der Waals surface area (Å²) in [6.07, 6.45) is -0.800. The first-order valence-corrected chi connectivity index (χ1v) is 7.02. The predicted octanol–water partition coefficient (Wildman–Crippen LogP) is -1.44. The highest BCUT2D eigenvalue weighted by Crippen LogP contribution is 2.17. The van der Waals surface area contributed by atoms with Crippen LogP contribution in [-0.4, -0.2) is 47.2 Å². The van der Waals surface area contributed by atoms with E-state index >= 15 is 0 Å². The van der Waals surface area contributed by atoms with Crippen molar-refractivity contribution in [3.63, 3.8) is 0 Å². The van der Waals surface area contributed by atoms with Crippen LogP contribution in [0.5, 0.6) is 0 Å². The third-order valence-electron chi connectivity index (χ3n) is 2.12. The summed E-state index contributed by atoms with van der Waals surface area (Å²) >= 11 is 2.99. The van der Waals surface area contributed by atoms with E-state index < -0.39 is 22.2 Å². The molecule has 0 saturated heterocycles. The first-order valence-electron chi connectivity index (χ1n) is 4.74. The van der Waals surface area contributed by atoms with Gasteiger partial charge in [-0.05, 0) is 22.9 Å². The Morgan fingerprint density at radius 2 is 2.24 bits per heavy atom. The number of aromatic nitrogens is 3. The second-order valence-corrected chi connectivity index (χ2v) is 6.00. The maximum atomic E-state index is 11.9. The Morgan fingerprint density at radius 3 is 2.65 bits per heavy atom. The zero-order valence-corrected chi connectivity index (χ0v) is 11.7. The minimum absolute atomic E-state index is 0.0718. The monoisotopic (exact) mass is 327 g/mol. The molecular weight excluding hydrogens is 314 g/mol. The molecule has 1 aromatic heterocycles. The number of nitrogens with two attached hydrogens (primary N) is 1. The number of aryl methyl sites for hydroxylation is 1. The van der Waals surface area contributed by atoms with E-state index in [4.69, 9.17) is 10.8 Å². The van der Waals surface area contributed by atoms with Crippen molar-refractivity contribution in [2.24, 2.45) is 12.8 Å². The Bertz CT molecular complexity index is 466. The van der Waals surface area contributed by atoms with E-state index in [-0.39, 0.29) is 16.2 Å². The third kappa shape index (κ3) is 3.45. The van der Waals surface area contributed by atoms with Gasteiger partial charge in [0.15, 0.2) is 4.60 Å². The lowest BCUT2D eigenvalue weighted by molar-refractivity contribution is 0.164. The number of rotatable bonds is 5. The first kappa shape index (κ1) is 14.5. The number of nitrogens with one attached hydrogen (secondary N) is 1. The summed E-state index contributed by atoms with van der Waals surface area (Å²) in [6, 6.07) is -0.676. The molecule has 0 aliphatic rings. The van der Waals surface area contributed by atoms with Crippen LogP contribution in [0.1, 0.15) is 6.92 Å². The van der Waals surface area contributed by atoms with Crippen molar-refractivity contribution < 1.29 is 13.5 Å². The van der Waals surface area contributed by atoms with E-state index in [0.29, 0.717) is 0 Å². The molecule has 2 unspecified atom stereocenters. The van der Waals surface area contributed by atoms with Gasteiger partial charge in [-0.3, -0.25) is 0 Å². The van der Waals surface area contributed by atoms with Crippen LogP contribution >= 0.6 is 15.9 Å². The van der Waals surface area contributed by atoms with Gasteiger partial charge >= 0.3 is 0 Å². The average Bonchev–Trinajstić information content (AvgIpc) is 2.55. The molecule has 1 aromatic rings. The highest BCUT2D eigenvalue weighted by molar-refractivity contribution is 9.10. The van der Waals surface area contributed by atoms with Gasteiger partial charge in [-0.25, -0.2) is 17.8 Å². The highest BCUT2D eigenvalue weighted by atomic mass is 79.9. The summed E-state index contributed by atoms with van der Waals surface area (Å²) < 4.78 is 27.3. The predicted molar refractivity (Wildman–Crippen MR) is 63.5 cm³/mol. The summed E-state index contributed by atoms with van der Waals surface area (Å²) in [4.78, 5) is 0. The number of aliphatic hydroxyl groups excluding tert-OH is 1. The van der Waals surface area contributed by atoms with E-state index in [2.05, 4.69) is 31.0 Å². The lowest BCUT2D eigenvalue weighted by Crippen LogP contribution is -2.43. The standard InChI is InChI=1S/C7H14BrN5O3S/c1-4(14)5(9)3-10-17(15,16)7-6(8)11-12-13(7)2/h4-5,10,14H,3,9H2,1-2H3. The van der Waals surface area contributed by atoms with Crippen LogP contribution in [0.25, 0.3) is 0 Å². The summed E-state index contributed by atoms with van der Waals surface area (Å²) in [5, 5.41) is 16.2. The van der Waals surface area contributed by atoms with Gasteiger partial charge in [0.1, 0.15) is 0 Å². The van der Waals surface area contributed by atoms with Crippen molar-refractivity contribution in [2.45, 2.75) is 24.1 Å². The smallest absolute Gasteiger partial charge is 0.260 e. The summed E-state index contributed by atoms with van der Waals surface area (Å²) in [5.41, 5.74) is 5.53. The summed E-state index contributed by atoms with van der Waals surface area (Å²) in [5.74, 6) is 0. The van der Waals surface area contributed by atoms with Crippen molar-refractivity contribution in [2.75, 3.05) is 6.54 Å². The fraction of sp³-hybridized carbons (Fsp3) is 0.714. The lowest BCUT2D eigenvalue weighted by Gasteiger charge is -2.15. The van der Waals surface area contributed by atoms with Crippen LogP contribution in [0.2, 0.25) is 0 Å². The zero-order chi connectivity index (χ0) is 13.2. The minimum Gasteiger partial charge on any atom is -0.392 e. The molecule has 0 aromatic carbocycles. The molecule has 10 heteroatoms. The van der Waals surface area contributed by atoms with Crippen LogP contribution in [0.3, 0.4) is 0 Å². The second kappa shape index (κ2) is 5.40. The SMILES string of the molecule is CC(O)C(N)CNS(=O)(=O)c1c(Br)nnn1C. The van der Waals surface area contributed by atoms with Gasteiger partial charge in [-0.2, -0.15) is 0 Å². The third-order valence-corrected chi connectivity index (χ3v) is 4.43. The number of hydrogen-bond donors (Lipinski definition) is 3. The molecule has 2 atom stereocenters. The van der Waals surface area contributed by atoms with E-state index in [1.54, 1.807) is 0 Å². The number of hydrogen-bond acceptors (Lipinski definition) is 6. The molecule has 0 aliphatic heterocycles. The van der Waals surface area contributed by atoms with Gasteiger partial charge < -0.3 is 10.8 Å². The Hall–Kier alpha value is -0.550. The van der Waals surface area contributed by atoms with Gasteiger partial charge in [0.05, 0.1) is 6.10 Å². The Kier molecular flexibility index (Phi) is 4.61. The van der Waals surface area contributed by atoms with Crippen LogP contribution in [0.15, 0.2) is 9.63 Å². The molecule has 0 radical (unpaired) electrons. The first-order chi connectivity index (χ1) is 7.75. The van der Waals surface area contributed by atoms with Crippen molar-refractivity contribution in [3.05, 3.63) is 4.60 Å². The molecule has 0 amide bonds. The quantitative estimate of drug-likeness (QED) is 0.609. The van der Waals surface area contributed by atoms with Crippen LogP contribution < -0.4 is 10.5 Å². The van der Waals surface area contributed by atoms with Crippen molar-refractivity contribution >= 4 is 26.0 Å². The molecular formula is C7H14BrN5O3S. The van der Waals surface area contributed by atoms with E-state index in [1.165, 1.54) is 14.0 Å². The molecule has 98 valence electrons. The average molecular weight is 328 g/mol. The number of halogens is 1. The topological polar surface area (TPSA) is 123 Å². The van der Waals surface area contributed by atoms with Gasteiger partial charge in [-0.15, -0.1) is 5.10 Å². The number of sulfonamides is 1. The van der Waals surface area contributed by atoms with Crippen molar-refractivity contribution in [3.8, 4) is 0 Å². The highest BCUT2D eigenvalue weighted by Gasteiger charge is 2.24. The molecule has 4 N–H and O–H groups in total. The van der Waals surface area contributed by atoms with Gasteiger partial charge in [0, 0.05) is 19.6 Å². The van der Waals surface area contributed by atoms with Crippen LogP contribution in [0.4, 0.5) is 0 Å². The Morgan fingerprint density at radius 1 is 1.65 bits per heavy atom. The molecule has 8 nitrogen and oxygen atoms in total. The molecule has 0 spiro atoms. The lowest BCUT2D eigenvalue weighted by atomic mass is 10.2. The zero-order valence-electron chi connectivity index (χ0n) is 9.33. The van der Waals surface area contributed by atoms with Crippen molar-refractivity contribution in [1.82, 2.24) is 19.7 Å². The molecule has 0 fully saturated rings. The van der Waals surface area contributed by atoms with E-state index in [1.807, 2.05) is 0 Å². The number of nitrogens with zero attached hydrogens (tertiary/aromatic N) is 3. The Labute approximate surface area is 107 Å². The van der Waals surface area contributed by atoms with Gasteiger partial charge in [0.25, 0.3) is 10.0 Å². The van der Waals surface area contributed by atoms with Crippen LogP contribution in [-0.2, 0) is 17.1 Å². The maximum absolute atomic E-state index is 11.9. The second-order valence-electron chi connectivity index (χ2n) is 3.57. The largest absolute Gasteiger partial charge is 0.392 e. The minimum atomic E-state index is -3.76. The summed E-state index contributed by atoms with van der Waals surface area (Å²) in [7, 11) is -2.30. The van der Waals surface area contributed by atoms with Gasteiger partial charge in [0.2, 0.25) is 5.03 Å². The molecule has 0 saturated carbocycles. The molecule has 0 bridgehead atoms.